The van der Waals surface area contributed by atoms with Gasteiger partial charge < -0.3 is 9.84 Å². The number of hydrogen-bond acceptors (Lipinski definition) is 6. The van der Waals surface area contributed by atoms with Crippen molar-refractivity contribution in [2.24, 2.45) is 0 Å². The smallest absolute Gasteiger partial charge is 0.304 e. The van der Waals surface area contributed by atoms with Gasteiger partial charge in [0.15, 0.2) is 11.5 Å². The number of piperidine rings is 1. The van der Waals surface area contributed by atoms with Crippen LogP contribution in [0.5, 0.6) is 11.5 Å². The zero-order valence-electron chi connectivity index (χ0n) is 19.4. The van der Waals surface area contributed by atoms with E-state index in [4.69, 9.17) is 4.74 Å². The van der Waals surface area contributed by atoms with Gasteiger partial charge in [0, 0.05) is 38.8 Å². The molecule has 1 spiro atoms. The third kappa shape index (κ3) is 4.51. The second-order valence-electron chi connectivity index (χ2n) is 9.32. The lowest BCUT2D eigenvalue weighted by Gasteiger charge is -2.47. The molecule has 0 aliphatic carbocycles. The molecule has 2 aromatic rings. The van der Waals surface area contributed by atoms with Gasteiger partial charge in [0.05, 0.1) is 29.2 Å². The Bertz CT molecular complexity index is 1130. The van der Waals surface area contributed by atoms with Crippen LogP contribution < -0.4 is 9.04 Å². The number of likely N-dealkylation sites (N-methyl/N-ethyl adjacent to an activating group) is 1. The Morgan fingerprint density at radius 1 is 1.33 bits per heavy atom. The molecule has 0 amide bonds. The van der Waals surface area contributed by atoms with Crippen LogP contribution in [-0.2, 0) is 16.8 Å². The van der Waals surface area contributed by atoms with Crippen molar-refractivity contribution in [1.82, 2.24) is 14.2 Å². The van der Waals surface area contributed by atoms with Gasteiger partial charge in [-0.2, -0.15) is 12.7 Å². The van der Waals surface area contributed by atoms with Gasteiger partial charge >= 0.3 is 10.2 Å². The van der Waals surface area contributed by atoms with Gasteiger partial charge in [-0.25, -0.2) is 4.39 Å². The number of aromatic hydroxyl groups is 1. The van der Waals surface area contributed by atoms with E-state index in [0.29, 0.717) is 43.9 Å². The number of likely N-dealkylation sites (tertiary alicyclic amines) is 1. The summed E-state index contributed by atoms with van der Waals surface area (Å²) in [5.41, 5.74) is 0.478. The zero-order valence-corrected chi connectivity index (χ0v) is 20.2. The molecule has 0 bridgehead atoms. The molecule has 4 rings (SSSR count). The van der Waals surface area contributed by atoms with Crippen molar-refractivity contribution < 1.29 is 22.7 Å². The fourth-order valence-corrected chi connectivity index (χ4v) is 6.76. The predicted molar refractivity (Wildman–Crippen MR) is 124 cm³/mol. The molecule has 2 saturated heterocycles. The minimum Gasteiger partial charge on any atom is -0.503 e. The Labute approximate surface area is 194 Å². The SMILES string of the molecule is CC(C)Oc1cc(CN2CCC3(CC2C)CN(C)S(=O)(=O)N3c2cccc(F)c2)ncc1O. The predicted octanol–water partition coefficient (Wildman–Crippen LogP) is 3.13. The van der Waals surface area contributed by atoms with E-state index in [1.54, 1.807) is 19.2 Å². The highest BCUT2D eigenvalue weighted by molar-refractivity contribution is 7.90. The minimum absolute atomic E-state index is 0.00281. The molecule has 1 aromatic carbocycles. The third-order valence-corrected chi connectivity index (χ3v) is 8.39. The molecule has 2 aliphatic rings. The number of aromatic nitrogens is 1. The van der Waals surface area contributed by atoms with E-state index in [-0.39, 0.29) is 17.9 Å². The third-order valence-electron chi connectivity index (χ3n) is 6.41. The Morgan fingerprint density at radius 3 is 2.76 bits per heavy atom. The first-order valence-electron chi connectivity index (χ1n) is 11.1. The van der Waals surface area contributed by atoms with Crippen LogP contribution in [0.4, 0.5) is 10.1 Å². The average Bonchev–Trinajstić information content (AvgIpc) is 2.91. The second kappa shape index (κ2) is 8.73. The van der Waals surface area contributed by atoms with Gasteiger partial charge in [-0.15, -0.1) is 0 Å². The number of nitrogens with zero attached hydrogens (tertiary/aromatic N) is 4. The van der Waals surface area contributed by atoms with Gasteiger partial charge in [-0.05, 0) is 51.8 Å². The van der Waals surface area contributed by atoms with Gasteiger partial charge in [-0.3, -0.25) is 14.2 Å². The highest BCUT2D eigenvalue weighted by Crippen LogP contribution is 2.44. The van der Waals surface area contributed by atoms with E-state index in [1.807, 2.05) is 13.8 Å². The van der Waals surface area contributed by atoms with Crippen molar-refractivity contribution in [3.05, 3.63) is 48.0 Å². The lowest BCUT2D eigenvalue weighted by molar-refractivity contribution is 0.0990. The summed E-state index contributed by atoms with van der Waals surface area (Å²) in [5.74, 6) is -0.0596. The van der Waals surface area contributed by atoms with Gasteiger partial charge in [-0.1, -0.05) is 6.07 Å². The van der Waals surface area contributed by atoms with Crippen molar-refractivity contribution >= 4 is 15.9 Å². The summed E-state index contributed by atoms with van der Waals surface area (Å²) in [4.78, 5) is 6.59. The van der Waals surface area contributed by atoms with E-state index in [0.717, 1.165) is 5.69 Å². The molecule has 1 aromatic heterocycles. The summed E-state index contributed by atoms with van der Waals surface area (Å²) in [5, 5.41) is 10.0. The summed E-state index contributed by atoms with van der Waals surface area (Å²) >= 11 is 0. The molecule has 1 N–H and O–H groups in total. The van der Waals surface area contributed by atoms with Crippen molar-refractivity contribution in [2.75, 3.05) is 24.4 Å². The molecule has 0 radical (unpaired) electrons. The molecule has 2 fully saturated rings. The van der Waals surface area contributed by atoms with E-state index in [1.165, 1.54) is 33.0 Å². The summed E-state index contributed by atoms with van der Waals surface area (Å²) in [7, 11) is -2.17. The summed E-state index contributed by atoms with van der Waals surface area (Å²) in [6, 6.07) is 7.59. The average molecular weight is 479 g/mol. The lowest BCUT2D eigenvalue weighted by Crippen LogP contribution is -2.57. The maximum absolute atomic E-state index is 14.0. The zero-order chi connectivity index (χ0) is 24.0. The van der Waals surface area contributed by atoms with Crippen molar-refractivity contribution in [3.8, 4) is 11.5 Å². The Kier molecular flexibility index (Phi) is 6.28. The van der Waals surface area contributed by atoms with Crippen LogP contribution in [0.15, 0.2) is 36.5 Å². The maximum atomic E-state index is 14.0. The first kappa shape index (κ1) is 23.7. The molecular formula is C23H31FN4O4S. The van der Waals surface area contributed by atoms with Gasteiger partial charge in [0.1, 0.15) is 5.82 Å². The molecule has 2 aliphatic heterocycles. The first-order valence-corrected chi connectivity index (χ1v) is 12.5. The lowest BCUT2D eigenvalue weighted by atomic mass is 9.83. The van der Waals surface area contributed by atoms with E-state index in [2.05, 4.69) is 16.8 Å². The number of benzene rings is 1. The topological polar surface area (TPSA) is 86.2 Å². The minimum atomic E-state index is -3.74. The molecule has 0 saturated carbocycles. The second-order valence-corrected chi connectivity index (χ2v) is 11.2. The molecule has 10 heteroatoms. The molecular weight excluding hydrogens is 447 g/mol. The Morgan fingerprint density at radius 2 is 2.09 bits per heavy atom. The standard InChI is InChI=1S/C23H31FN4O4S/c1-16(2)32-22-11-19(25-13-21(22)29)14-27-9-8-23(12-17(27)3)15-26(4)33(30,31)28(23)20-7-5-6-18(24)10-20/h5-7,10-11,13,16-17,29H,8-9,12,14-15H2,1-4H3. The van der Waals surface area contributed by atoms with Crippen LogP contribution in [0, 0.1) is 5.82 Å². The Hall–Kier alpha value is -2.43. The number of pyridine rings is 1. The number of halogens is 1. The van der Waals surface area contributed by atoms with Crippen molar-refractivity contribution in [2.45, 2.75) is 57.8 Å². The summed E-state index contributed by atoms with van der Waals surface area (Å²) in [6.07, 6.45) is 2.52. The molecule has 33 heavy (non-hydrogen) atoms. The number of hydrogen-bond donors (Lipinski definition) is 1. The molecule has 2 unspecified atom stereocenters. The monoisotopic (exact) mass is 478 g/mol. The van der Waals surface area contributed by atoms with E-state index < -0.39 is 21.6 Å². The fourth-order valence-electron chi connectivity index (χ4n) is 4.98. The Balaban J connectivity index is 1.57. The van der Waals surface area contributed by atoms with Crippen LogP contribution in [0.1, 0.15) is 39.3 Å². The number of rotatable bonds is 5. The maximum Gasteiger partial charge on any atom is 0.304 e. The molecule has 8 nitrogen and oxygen atoms in total. The highest BCUT2D eigenvalue weighted by atomic mass is 32.2. The molecule has 2 atom stereocenters. The quantitative estimate of drug-likeness (QED) is 0.711. The summed E-state index contributed by atoms with van der Waals surface area (Å²) in [6.45, 7) is 7.41. The number of anilines is 1. The van der Waals surface area contributed by atoms with Crippen molar-refractivity contribution in [3.63, 3.8) is 0 Å². The van der Waals surface area contributed by atoms with Crippen LogP contribution >= 0.6 is 0 Å². The first-order chi connectivity index (χ1) is 15.5. The summed E-state index contributed by atoms with van der Waals surface area (Å²) < 4.78 is 48.8. The number of ether oxygens (including phenoxy) is 1. The van der Waals surface area contributed by atoms with Crippen LogP contribution in [0.2, 0.25) is 0 Å². The van der Waals surface area contributed by atoms with Crippen LogP contribution in [-0.4, -0.2) is 65.5 Å². The molecule has 180 valence electrons. The highest BCUT2D eigenvalue weighted by Gasteiger charge is 2.55. The van der Waals surface area contributed by atoms with E-state index in [9.17, 15) is 17.9 Å². The normalized spacial score (nSPS) is 25.8. The van der Waals surface area contributed by atoms with E-state index >= 15 is 0 Å². The largest absolute Gasteiger partial charge is 0.503 e. The fraction of sp³-hybridized carbons (Fsp3) is 0.522. The van der Waals surface area contributed by atoms with Crippen LogP contribution in [0.3, 0.4) is 0 Å². The van der Waals surface area contributed by atoms with Gasteiger partial charge in [0.25, 0.3) is 0 Å². The van der Waals surface area contributed by atoms with Gasteiger partial charge in [0.2, 0.25) is 0 Å². The van der Waals surface area contributed by atoms with Crippen molar-refractivity contribution in [1.29, 1.82) is 0 Å². The molecule has 3 heterocycles. The van der Waals surface area contributed by atoms with Crippen LogP contribution in [0.25, 0.3) is 0 Å².